The van der Waals surface area contributed by atoms with Crippen LogP contribution in [0.3, 0.4) is 0 Å². The van der Waals surface area contributed by atoms with E-state index in [4.69, 9.17) is 0 Å². The summed E-state index contributed by atoms with van der Waals surface area (Å²) in [4.78, 5) is 0. The summed E-state index contributed by atoms with van der Waals surface area (Å²) in [6, 6.07) is 6.77. The molecule has 0 radical (unpaired) electrons. The molecule has 0 saturated heterocycles. The Morgan fingerprint density at radius 2 is 1.87 bits per heavy atom. The van der Waals surface area contributed by atoms with Crippen LogP contribution in [0.5, 0.6) is 5.75 Å². The van der Waals surface area contributed by atoms with Crippen LogP contribution in [0.2, 0.25) is 0 Å². The summed E-state index contributed by atoms with van der Waals surface area (Å²) in [7, 11) is 1.65. The largest absolute Gasteiger partial charge is 0.505 e. The van der Waals surface area contributed by atoms with Gasteiger partial charge < -0.3 is 5.11 Å². The number of phenolic OH excluding ortho intramolecular Hbond substituents is 1. The number of nitrogens with zero attached hydrogens (tertiary/aromatic N) is 2. The fourth-order valence-electron chi connectivity index (χ4n) is 2.40. The Bertz CT molecular complexity index is 918. The third-order valence-corrected chi connectivity index (χ3v) is 3.94. The molecule has 0 saturated carbocycles. The molecule has 0 bridgehead atoms. The highest BCUT2D eigenvalue weighted by molar-refractivity contribution is 9.10. The summed E-state index contributed by atoms with van der Waals surface area (Å²) in [6.45, 7) is 0. The molecule has 1 N–H and O–H groups in total. The number of phenols is 1. The molecule has 3 rings (SSSR count). The minimum absolute atomic E-state index is 0.0100. The SMILES string of the molecule is Cn1nc(-c2cc(O)c(F)c(C(F)(F)F)c2)c2ccc(Br)cc21. The van der Waals surface area contributed by atoms with Crippen molar-refractivity contribution in [1.29, 1.82) is 0 Å². The van der Waals surface area contributed by atoms with E-state index in [1.54, 1.807) is 25.2 Å². The molecule has 0 amide bonds. The van der Waals surface area contributed by atoms with Crippen molar-refractivity contribution in [3.63, 3.8) is 0 Å². The summed E-state index contributed by atoms with van der Waals surface area (Å²) >= 11 is 3.31. The highest BCUT2D eigenvalue weighted by Gasteiger charge is 2.36. The standard InChI is InChI=1S/C15H9BrF4N2O/c1-22-11-6-8(16)2-3-9(11)14(21-22)7-4-10(15(18,19)20)13(17)12(23)5-7/h2-6,23H,1H3. The third kappa shape index (κ3) is 2.67. The number of benzene rings is 2. The van der Waals surface area contributed by atoms with Crippen molar-refractivity contribution in [2.75, 3.05) is 0 Å². The Kier molecular flexibility index (Phi) is 3.59. The predicted molar refractivity (Wildman–Crippen MR) is 80.5 cm³/mol. The molecule has 8 heteroatoms. The molecule has 0 aliphatic heterocycles. The number of rotatable bonds is 1. The second-order valence-corrected chi connectivity index (χ2v) is 5.90. The summed E-state index contributed by atoms with van der Waals surface area (Å²) < 4.78 is 54.6. The Morgan fingerprint density at radius 1 is 1.17 bits per heavy atom. The molecular weight excluding hydrogens is 380 g/mol. The maximum atomic E-state index is 13.6. The van der Waals surface area contributed by atoms with E-state index in [0.717, 1.165) is 10.5 Å². The van der Waals surface area contributed by atoms with Crippen LogP contribution in [0, 0.1) is 5.82 Å². The normalized spacial score (nSPS) is 12.1. The average molecular weight is 389 g/mol. The smallest absolute Gasteiger partial charge is 0.419 e. The van der Waals surface area contributed by atoms with Crippen LogP contribution in [0.15, 0.2) is 34.8 Å². The number of aryl methyl sites for hydroxylation is 1. The molecule has 1 heterocycles. The second kappa shape index (κ2) is 5.23. The molecule has 0 fully saturated rings. The van der Waals surface area contributed by atoms with E-state index in [9.17, 15) is 22.7 Å². The van der Waals surface area contributed by atoms with Gasteiger partial charge in [-0.3, -0.25) is 4.68 Å². The highest BCUT2D eigenvalue weighted by atomic mass is 79.9. The summed E-state index contributed by atoms with van der Waals surface area (Å²) in [5.41, 5.74) is -0.616. The topological polar surface area (TPSA) is 38.0 Å². The number of alkyl halides is 3. The molecule has 0 spiro atoms. The fraction of sp³-hybridized carbons (Fsp3) is 0.133. The molecule has 2 aromatic carbocycles. The molecule has 0 unspecified atom stereocenters. The van der Waals surface area contributed by atoms with Crippen LogP contribution in [-0.4, -0.2) is 14.9 Å². The van der Waals surface area contributed by atoms with Gasteiger partial charge in [0.2, 0.25) is 0 Å². The van der Waals surface area contributed by atoms with Crippen LogP contribution in [0.25, 0.3) is 22.2 Å². The Hall–Kier alpha value is -2.09. The van der Waals surface area contributed by atoms with Crippen LogP contribution in [0.4, 0.5) is 17.6 Å². The molecule has 1 aromatic heterocycles. The van der Waals surface area contributed by atoms with Gasteiger partial charge in [0, 0.05) is 22.5 Å². The van der Waals surface area contributed by atoms with Crippen LogP contribution in [0.1, 0.15) is 5.56 Å². The maximum Gasteiger partial charge on any atom is 0.419 e. The molecule has 0 atom stereocenters. The van der Waals surface area contributed by atoms with Crippen molar-refractivity contribution in [2.45, 2.75) is 6.18 Å². The van der Waals surface area contributed by atoms with E-state index in [0.29, 0.717) is 17.0 Å². The van der Waals surface area contributed by atoms with Crippen molar-refractivity contribution < 1.29 is 22.7 Å². The van der Waals surface area contributed by atoms with E-state index in [2.05, 4.69) is 21.0 Å². The monoisotopic (exact) mass is 388 g/mol. The first kappa shape index (κ1) is 15.8. The Labute approximate surface area is 136 Å². The minimum Gasteiger partial charge on any atom is -0.505 e. The number of fused-ring (bicyclic) bond motifs is 1. The minimum atomic E-state index is -4.91. The lowest BCUT2D eigenvalue weighted by Gasteiger charge is -2.11. The molecule has 3 aromatic rings. The summed E-state index contributed by atoms with van der Waals surface area (Å²) in [5.74, 6) is -2.75. The maximum absolute atomic E-state index is 13.6. The van der Waals surface area contributed by atoms with Gasteiger partial charge in [0.25, 0.3) is 0 Å². The average Bonchev–Trinajstić information content (AvgIpc) is 2.77. The Morgan fingerprint density at radius 3 is 2.52 bits per heavy atom. The molecule has 3 nitrogen and oxygen atoms in total. The van der Waals surface area contributed by atoms with Gasteiger partial charge in [-0.15, -0.1) is 0 Å². The zero-order valence-electron chi connectivity index (χ0n) is 11.6. The first-order chi connectivity index (χ1) is 10.7. The van der Waals surface area contributed by atoms with Crippen LogP contribution >= 0.6 is 15.9 Å². The van der Waals surface area contributed by atoms with E-state index < -0.39 is 23.3 Å². The highest BCUT2D eigenvalue weighted by Crippen LogP contribution is 2.39. The first-order valence-electron chi connectivity index (χ1n) is 6.41. The molecule has 0 aliphatic carbocycles. The number of aromatic nitrogens is 2. The molecule has 0 aliphatic rings. The van der Waals surface area contributed by atoms with Crippen molar-refractivity contribution in [3.05, 3.63) is 46.2 Å². The lowest BCUT2D eigenvalue weighted by Crippen LogP contribution is -2.08. The van der Waals surface area contributed by atoms with Gasteiger partial charge in [-0.1, -0.05) is 15.9 Å². The second-order valence-electron chi connectivity index (χ2n) is 4.99. The number of hydrogen-bond acceptors (Lipinski definition) is 2. The van der Waals surface area contributed by atoms with Gasteiger partial charge in [-0.05, 0) is 30.3 Å². The zero-order valence-corrected chi connectivity index (χ0v) is 13.2. The van der Waals surface area contributed by atoms with Crippen molar-refractivity contribution >= 4 is 26.8 Å². The zero-order chi connectivity index (χ0) is 16.9. The number of hydrogen-bond donors (Lipinski definition) is 1. The molecule has 120 valence electrons. The van der Waals surface area contributed by atoms with E-state index in [-0.39, 0.29) is 11.3 Å². The van der Waals surface area contributed by atoms with Gasteiger partial charge in [0.15, 0.2) is 11.6 Å². The van der Waals surface area contributed by atoms with Crippen molar-refractivity contribution in [2.24, 2.45) is 7.05 Å². The fourth-order valence-corrected chi connectivity index (χ4v) is 2.74. The lowest BCUT2D eigenvalue weighted by molar-refractivity contribution is -0.140. The molecule has 23 heavy (non-hydrogen) atoms. The predicted octanol–water partition coefficient (Wildman–Crippen LogP) is 4.87. The van der Waals surface area contributed by atoms with Gasteiger partial charge >= 0.3 is 6.18 Å². The van der Waals surface area contributed by atoms with Crippen molar-refractivity contribution in [1.82, 2.24) is 9.78 Å². The van der Waals surface area contributed by atoms with E-state index in [1.807, 2.05) is 0 Å². The van der Waals surface area contributed by atoms with Gasteiger partial charge in [-0.25, -0.2) is 4.39 Å². The van der Waals surface area contributed by atoms with Crippen molar-refractivity contribution in [3.8, 4) is 17.0 Å². The van der Waals surface area contributed by atoms with Crippen LogP contribution < -0.4 is 0 Å². The van der Waals surface area contributed by atoms with E-state index in [1.165, 1.54) is 4.68 Å². The Balaban J connectivity index is 2.30. The molecular formula is C15H9BrF4N2O. The third-order valence-electron chi connectivity index (χ3n) is 3.45. The van der Waals surface area contributed by atoms with Gasteiger partial charge in [0.05, 0.1) is 11.1 Å². The quantitative estimate of drug-likeness (QED) is 0.604. The van der Waals surface area contributed by atoms with Gasteiger partial charge in [0.1, 0.15) is 5.69 Å². The first-order valence-corrected chi connectivity index (χ1v) is 7.20. The number of aromatic hydroxyl groups is 1. The summed E-state index contributed by atoms with van der Waals surface area (Å²) in [6.07, 6.45) is -4.91. The number of halogens is 5. The van der Waals surface area contributed by atoms with Crippen LogP contribution in [-0.2, 0) is 13.2 Å². The van der Waals surface area contributed by atoms with Gasteiger partial charge in [-0.2, -0.15) is 18.3 Å². The van der Waals surface area contributed by atoms with E-state index >= 15 is 0 Å². The lowest BCUT2D eigenvalue weighted by atomic mass is 10.0. The summed E-state index contributed by atoms with van der Waals surface area (Å²) in [5, 5.41) is 14.3.